The molecule has 0 atom stereocenters. The molecule has 0 spiro atoms. The molecule has 0 aliphatic carbocycles. The zero-order chi connectivity index (χ0) is 12.8. The Morgan fingerprint density at radius 3 is 1.88 bits per heavy atom. The van der Waals surface area contributed by atoms with Gasteiger partial charge in [0.25, 0.3) is 0 Å². The number of alkyl halides is 3. The lowest BCUT2D eigenvalue weighted by atomic mass is 9.85. The standard InChI is InChI=1S/C12H24F3N/c1-9(2)11(10(3)4)8-16-7-5-6-12(13,14)15/h9-11,16H,5-8H2,1-4H3. The molecule has 0 rings (SSSR count). The summed E-state index contributed by atoms with van der Waals surface area (Å²) in [5.74, 6) is 1.66. The SMILES string of the molecule is CC(C)C(CNCCCC(F)(F)F)C(C)C. The van der Waals surface area contributed by atoms with Gasteiger partial charge in [0.15, 0.2) is 0 Å². The Bertz CT molecular complexity index is 168. The van der Waals surface area contributed by atoms with Crippen LogP contribution in [0.15, 0.2) is 0 Å². The summed E-state index contributed by atoms with van der Waals surface area (Å²) < 4.78 is 35.6. The van der Waals surface area contributed by atoms with E-state index in [1.807, 2.05) is 0 Å². The molecule has 0 aromatic rings. The largest absolute Gasteiger partial charge is 0.389 e. The highest BCUT2D eigenvalue weighted by molar-refractivity contribution is 4.69. The minimum atomic E-state index is -4.02. The zero-order valence-corrected chi connectivity index (χ0v) is 10.7. The highest BCUT2D eigenvalue weighted by atomic mass is 19.4. The second-order valence-electron chi connectivity index (χ2n) is 5.07. The smallest absolute Gasteiger partial charge is 0.316 e. The summed E-state index contributed by atoms with van der Waals surface area (Å²) in [6, 6.07) is 0. The minimum absolute atomic E-state index is 0.173. The predicted octanol–water partition coefficient (Wildman–Crippen LogP) is 3.85. The Morgan fingerprint density at radius 2 is 1.50 bits per heavy atom. The Morgan fingerprint density at radius 1 is 1.00 bits per heavy atom. The molecule has 0 amide bonds. The zero-order valence-electron chi connectivity index (χ0n) is 10.7. The van der Waals surface area contributed by atoms with Crippen LogP contribution in [0.2, 0.25) is 0 Å². The summed E-state index contributed by atoms with van der Waals surface area (Å²) in [6.07, 6.45) is -4.53. The number of halogens is 3. The maximum Gasteiger partial charge on any atom is 0.389 e. The van der Waals surface area contributed by atoms with Crippen molar-refractivity contribution < 1.29 is 13.2 Å². The van der Waals surface area contributed by atoms with Crippen molar-refractivity contribution >= 4 is 0 Å². The first kappa shape index (κ1) is 15.8. The van der Waals surface area contributed by atoms with E-state index in [0.717, 1.165) is 6.54 Å². The van der Waals surface area contributed by atoms with Gasteiger partial charge < -0.3 is 5.32 Å². The van der Waals surface area contributed by atoms with Crippen molar-refractivity contribution in [2.45, 2.75) is 46.7 Å². The molecular formula is C12H24F3N. The van der Waals surface area contributed by atoms with E-state index in [1.165, 1.54) is 0 Å². The predicted molar refractivity (Wildman–Crippen MR) is 61.3 cm³/mol. The molecule has 4 heteroatoms. The van der Waals surface area contributed by atoms with Crippen LogP contribution >= 0.6 is 0 Å². The number of nitrogens with one attached hydrogen (secondary N) is 1. The van der Waals surface area contributed by atoms with Gasteiger partial charge in [-0.2, -0.15) is 13.2 Å². The fourth-order valence-corrected chi connectivity index (χ4v) is 1.92. The van der Waals surface area contributed by atoms with E-state index in [-0.39, 0.29) is 6.42 Å². The molecule has 0 fully saturated rings. The van der Waals surface area contributed by atoms with Gasteiger partial charge in [-0.25, -0.2) is 0 Å². The first-order valence-electron chi connectivity index (χ1n) is 6.01. The van der Waals surface area contributed by atoms with Gasteiger partial charge in [-0.1, -0.05) is 27.7 Å². The van der Waals surface area contributed by atoms with Crippen LogP contribution in [0.5, 0.6) is 0 Å². The average molecular weight is 239 g/mol. The Hall–Kier alpha value is -0.250. The summed E-state index contributed by atoms with van der Waals surface area (Å²) in [5, 5.41) is 3.12. The second-order valence-corrected chi connectivity index (χ2v) is 5.07. The molecule has 0 saturated heterocycles. The van der Waals surface area contributed by atoms with Crippen LogP contribution in [-0.2, 0) is 0 Å². The molecule has 0 saturated carbocycles. The van der Waals surface area contributed by atoms with Gasteiger partial charge >= 0.3 is 6.18 Å². The third kappa shape index (κ3) is 7.97. The van der Waals surface area contributed by atoms with Crippen molar-refractivity contribution in [2.24, 2.45) is 17.8 Å². The van der Waals surface area contributed by atoms with Crippen LogP contribution in [0, 0.1) is 17.8 Å². The summed E-state index contributed by atoms with van der Waals surface area (Å²) in [5.41, 5.74) is 0. The highest BCUT2D eigenvalue weighted by Gasteiger charge is 2.26. The van der Waals surface area contributed by atoms with Gasteiger partial charge in [0.2, 0.25) is 0 Å². The molecule has 0 heterocycles. The summed E-state index contributed by atoms with van der Waals surface area (Å²) in [4.78, 5) is 0. The van der Waals surface area contributed by atoms with E-state index < -0.39 is 12.6 Å². The molecule has 1 nitrogen and oxygen atoms in total. The maximum absolute atomic E-state index is 11.9. The molecule has 0 aromatic carbocycles. The summed E-state index contributed by atoms with van der Waals surface area (Å²) in [6.45, 7) is 9.89. The normalized spacial score (nSPS) is 13.1. The number of rotatable bonds is 7. The van der Waals surface area contributed by atoms with E-state index in [9.17, 15) is 13.2 Å². The molecule has 0 bridgehead atoms. The van der Waals surface area contributed by atoms with E-state index in [2.05, 4.69) is 33.0 Å². The first-order valence-corrected chi connectivity index (χ1v) is 6.01. The van der Waals surface area contributed by atoms with Crippen LogP contribution in [0.3, 0.4) is 0 Å². The van der Waals surface area contributed by atoms with Gasteiger partial charge in [-0.15, -0.1) is 0 Å². The molecular weight excluding hydrogens is 215 g/mol. The topological polar surface area (TPSA) is 12.0 Å². The van der Waals surface area contributed by atoms with E-state index >= 15 is 0 Å². The minimum Gasteiger partial charge on any atom is -0.316 e. The van der Waals surface area contributed by atoms with Gasteiger partial charge in [0.1, 0.15) is 0 Å². The lowest BCUT2D eigenvalue weighted by Gasteiger charge is -2.25. The monoisotopic (exact) mass is 239 g/mol. The molecule has 0 unspecified atom stereocenters. The fraction of sp³-hybridized carbons (Fsp3) is 1.00. The Kier molecular flexibility index (Phi) is 7.04. The molecule has 0 aromatic heterocycles. The quantitative estimate of drug-likeness (QED) is 0.665. The highest BCUT2D eigenvalue weighted by Crippen LogP contribution is 2.21. The van der Waals surface area contributed by atoms with Crippen LogP contribution in [0.25, 0.3) is 0 Å². The molecule has 0 aliphatic heterocycles. The lowest BCUT2D eigenvalue weighted by Crippen LogP contribution is -2.30. The molecule has 1 N–H and O–H groups in total. The fourth-order valence-electron chi connectivity index (χ4n) is 1.92. The molecule has 0 aliphatic rings. The summed E-state index contributed by atoms with van der Waals surface area (Å²) in [7, 11) is 0. The molecule has 0 radical (unpaired) electrons. The summed E-state index contributed by atoms with van der Waals surface area (Å²) >= 11 is 0. The van der Waals surface area contributed by atoms with Crippen molar-refractivity contribution in [1.82, 2.24) is 5.32 Å². The van der Waals surface area contributed by atoms with Gasteiger partial charge in [0.05, 0.1) is 0 Å². The Balaban J connectivity index is 3.64. The average Bonchev–Trinajstić information content (AvgIpc) is 2.07. The van der Waals surface area contributed by atoms with E-state index in [1.54, 1.807) is 0 Å². The van der Waals surface area contributed by atoms with Crippen LogP contribution in [0.4, 0.5) is 13.2 Å². The van der Waals surface area contributed by atoms with E-state index in [0.29, 0.717) is 24.3 Å². The van der Waals surface area contributed by atoms with Crippen molar-refractivity contribution in [1.29, 1.82) is 0 Å². The maximum atomic E-state index is 11.9. The number of hydrogen-bond acceptors (Lipinski definition) is 1. The van der Waals surface area contributed by atoms with Crippen LogP contribution in [-0.4, -0.2) is 19.3 Å². The van der Waals surface area contributed by atoms with Crippen molar-refractivity contribution in [3.8, 4) is 0 Å². The van der Waals surface area contributed by atoms with Gasteiger partial charge in [-0.3, -0.25) is 0 Å². The Labute approximate surface area is 96.8 Å². The lowest BCUT2D eigenvalue weighted by molar-refractivity contribution is -0.135. The van der Waals surface area contributed by atoms with Gasteiger partial charge in [-0.05, 0) is 37.3 Å². The second kappa shape index (κ2) is 7.15. The van der Waals surface area contributed by atoms with Crippen LogP contribution < -0.4 is 5.32 Å². The third-order valence-electron chi connectivity index (χ3n) is 2.91. The third-order valence-corrected chi connectivity index (χ3v) is 2.91. The van der Waals surface area contributed by atoms with Crippen molar-refractivity contribution in [2.75, 3.05) is 13.1 Å². The van der Waals surface area contributed by atoms with Crippen molar-refractivity contribution in [3.05, 3.63) is 0 Å². The van der Waals surface area contributed by atoms with Crippen LogP contribution in [0.1, 0.15) is 40.5 Å². The van der Waals surface area contributed by atoms with Crippen molar-refractivity contribution in [3.63, 3.8) is 0 Å². The van der Waals surface area contributed by atoms with Gasteiger partial charge in [0, 0.05) is 6.42 Å². The number of hydrogen-bond donors (Lipinski definition) is 1. The van der Waals surface area contributed by atoms with E-state index in [4.69, 9.17) is 0 Å². The molecule has 98 valence electrons. The first-order chi connectivity index (χ1) is 7.24. The molecule has 16 heavy (non-hydrogen) atoms.